The van der Waals surface area contributed by atoms with Crippen LogP contribution in [0.15, 0.2) is 60.3 Å². The number of aromatic hydroxyl groups is 1. The van der Waals surface area contributed by atoms with Crippen molar-refractivity contribution in [2.45, 2.75) is 32.1 Å². The minimum Gasteiger partial charge on any atom is -0.493 e. The van der Waals surface area contributed by atoms with Crippen molar-refractivity contribution in [2.75, 3.05) is 4.72 Å². The summed E-state index contributed by atoms with van der Waals surface area (Å²) in [6, 6.07) is 9.06. The molecule has 0 aliphatic carbocycles. The quantitative estimate of drug-likeness (QED) is 0.272. The van der Waals surface area contributed by atoms with Gasteiger partial charge in [0, 0.05) is 10.7 Å². The summed E-state index contributed by atoms with van der Waals surface area (Å²) < 4.78 is 29.5. The van der Waals surface area contributed by atoms with Crippen LogP contribution in [0.4, 0.5) is 10.8 Å². The first kappa shape index (κ1) is 26.4. The Morgan fingerprint density at radius 3 is 2.51 bits per heavy atom. The average Bonchev–Trinajstić information content (AvgIpc) is 3.29. The Labute approximate surface area is 223 Å². The van der Waals surface area contributed by atoms with Gasteiger partial charge in [0.2, 0.25) is 11.0 Å². The zero-order valence-corrected chi connectivity index (χ0v) is 23.0. The molecular formula is C23H21BrN6O5S2. The van der Waals surface area contributed by atoms with E-state index in [1.807, 2.05) is 13.8 Å². The van der Waals surface area contributed by atoms with Gasteiger partial charge in [-0.25, -0.2) is 17.8 Å². The maximum Gasteiger partial charge on any atom is 0.335 e. The number of nitrogens with zero attached hydrogens (tertiary/aromatic N) is 4. The highest BCUT2D eigenvalue weighted by Gasteiger charge is 2.18. The first-order valence-corrected chi connectivity index (χ1v) is 13.9. The number of aromatic nitrogens is 4. The molecule has 0 bridgehead atoms. The third-order valence-electron chi connectivity index (χ3n) is 5.32. The highest BCUT2D eigenvalue weighted by molar-refractivity contribution is 9.10. The predicted octanol–water partition coefficient (Wildman–Crippen LogP) is 3.58. The molecule has 0 saturated heterocycles. The third kappa shape index (κ3) is 5.55. The van der Waals surface area contributed by atoms with Crippen molar-refractivity contribution in [1.82, 2.24) is 19.7 Å². The van der Waals surface area contributed by atoms with Crippen LogP contribution in [-0.2, 0) is 16.4 Å². The van der Waals surface area contributed by atoms with E-state index in [0.717, 1.165) is 32.2 Å². The lowest BCUT2D eigenvalue weighted by Crippen LogP contribution is -2.31. The summed E-state index contributed by atoms with van der Waals surface area (Å²) in [7, 11) is -3.89. The van der Waals surface area contributed by atoms with Crippen LogP contribution < -0.4 is 16.0 Å². The summed E-state index contributed by atoms with van der Waals surface area (Å²) in [4.78, 5) is 31.3. The van der Waals surface area contributed by atoms with E-state index in [-0.39, 0.29) is 15.6 Å². The second-order valence-corrected chi connectivity index (χ2v) is 11.5. The van der Waals surface area contributed by atoms with Gasteiger partial charge < -0.3 is 5.11 Å². The van der Waals surface area contributed by atoms with E-state index in [0.29, 0.717) is 28.4 Å². The van der Waals surface area contributed by atoms with Crippen molar-refractivity contribution in [3.05, 3.63) is 83.4 Å². The Morgan fingerprint density at radius 1 is 1.16 bits per heavy atom. The Kier molecular flexibility index (Phi) is 7.43. The molecule has 0 aliphatic heterocycles. The third-order valence-corrected chi connectivity index (χ3v) is 8.64. The van der Waals surface area contributed by atoms with Gasteiger partial charge in [0.1, 0.15) is 10.6 Å². The number of H-pyrrole nitrogens is 1. The van der Waals surface area contributed by atoms with Crippen LogP contribution in [0.1, 0.15) is 28.6 Å². The summed E-state index contributed by atoms with van der Waals surface area (Å²) in [6.45, 7) is 5.49. The lowest BCUT2D eigenvalue weighted by Gasteiger charge is -2.14. The fraction of sp³-hybridized carbons (Fsp3) is 0.174. The second kappa shape index (κ2) is 10.4. The SMILES string of the molecule is CCc1nnc(NS(=O)(=O)c2ccc(N=Cc3c(O)n(-c4cc(C)c(Br)cc4C)c(=O)[nH]c3=O)cc2)s1. The van der Waals surface area contributed by atoms with Crippen molar-refractivity contribution in [1.29, 1.82) is 0 Å². The van der Waals surface area contributed by atoms with E-state index < -0.39 is 27.2 Å². The molecule has 2 aromatic carbocycles. The number of halogens is 1. The molecule has 4 rings (SSSR count). The second-order valence-electron chi connectivity index (χ2n) is 7.93. The molecule has 11 nitrogen and oxygen atoms in total. The molecule has 0 amide bonds. The minimum absolute atomic E-state index is 0.0185. The zero-order valence-electron chi connectivity index (χ0n) is 19.8. The highest BCUT2D eigenvalue weighted by atomic mass is 79.9. The molecule has 14 heteroatoms. The number of hydrogen-bond donors (Lipinski definition) is 3. The molecule has 2 aromatic heterocycles. The van der Waals surface area contributed by atoms with Crippen molar-refractivity contribution >= 4 is 54.3 Å². The first-order chi connectivity index (χ1) is 17.5. The van der Waals surface area contributed by atoms with Crippen LogP contribution in [0, 0.1) is 13.8 Å². The molecule has 2 heterocycles. The monoisotopic (exact) mass is 604 g/mol. The van der Waals surface area contributed by atoms with Gasteiger partial charge in [-0.2, -0.15) is 0 Å². The standard InChI is InChI=1S/C23H21BrN6O5S2/c1-4-19-27-28-22(36-19)29-37(34,35)15-7-5-14(6-8-15)25-11-16-20(31)26-23(33)30(21(16)32)18-10-12(2)17(24)9-13(18)3/h5-11,32H,4H2,1-3H3,(H,28,29)(H,26,31,33). The first-order valence-electron chi connectivity index (χ1n) is 10.8. The predicted molar refractivity (Wildman–Crippen MR) is 145 cm³/mol. The Balaban J connectivity index is 1.63. The lowest BCUT2D eigenvalue weighted by atomic mass is 10.1. The van der Waals surface area contributed by atoms with Crippen LogP contribution in [0.5, 0.6) is 5.88 Å². The summed E-state index contributed by atoms with van der Waals surface area (Å²) >= 11 is 4.58. The summed E-state index contributed by atoms with van der Waals surface area (Å²) in [5.74, 6) is -0.575. The van der Waals surface area contributed by atoms with Gasteiger partial charge in [-0.05, 0) is 67.8 Å². The van der Waals surface area contributed by atoms with Gasteiger partial charge >= 0.3 is 5.69 Å². The van der Waals surface area contributed by atoms with Gasteiger partial charge in [0.25, 0.3) is 15.6 Å². The number of aromatic amines is 1. The number of rotatable bonds is 7. The molecule has 3 N–H and O–H groups in total. The molecule has 37 heavy (non-hydrogen) atoms. The summed E-state index contributed by atoms with van der Waals surface area (Å²) in [5.41, 5.74) is 0.382. The molecule has 192 valence electrons. The van der Waals surface area contributed by atoms with E-state index in [2.05, 4.69) is 40.8 Å². The average molecular weight is 605 g/mol. The maximum absolute atomic E-state index is 12.6. The molecule has 0 aliphatic rings. The van der Waals surface area contributed by atoms with Gasteiger partial charge in [0.15, 0.2) is 0 Å². The molecule has 0 atom stereocenters. The summed E-state index contributed by atoms with van der Waals surface area (Å²) in [5, 5.41) is 19.4. The van der Waals surface area contributed by atoms with Crippen molar-refractivity contribution < 1.29 is 13.5 Å². The Bertz CT molecular complexity index is 1740. The van der Waals surface area contributed by atoms with Crippen LogP contribution in [0.3, 0.4) is 0 Å². The van der Waals surface area contributed by atoms with E-state index in [9.17, 15) is 23.1 Å². The number of anilines is 1. The minimum atomic E-state index is -3.89. The zero-order chi connectivity index (χ0) is 26.9. The number of benzene rings is 2. The summed E-state index contributed by atoms with van der Waals surface area (Å²) in [6.07, 6.45) is 1.75. The van der Waals surface area contributed by atoms with Crippen LogP contribution in [0.25, 0.3) is 5.69 Å². The largest absolute Gasteiger partial charge is 0.493 e. The number of aliphatic imine (C=N–C) groups is 1. The fourth-order valence-corrected chi connectivity index (χ4v) is 5.71. The topological polar surface area (TPSA) is 159 Å². The lowest BCUT2D eigenvalue weighted by molar-refractivity contribution is 0.430. The van der Waals surface area contributed by atoms with E-state index in [4.69, 9.17) is 0 Å². The van der Waals surface area contributed by atoms with Crippen LogP contribution >= 0.6 is 27.3 Å². The van der Waals surface area contributed by atoms with Crippen molar-refractivity contribution in [3.8, 4) is 11.6 Å². The highest BCUT2D eigenvalue weighted by Crippen LogP contribution is 2.26. The Hall–Kier alpha value is -3.62. The molecule has 0 spiro atoms. The van der Waals surface area contributed by atoms with Gasteiger partial charge in [0.05, 0.1) is 16.3 Å². The molecule has 0 saturated carbocycles. The van der Waals surface area contributed by atoms with Crippen molar-refractivity contribution in [3.63, 3.8) is 0 Å². The van der Waals surface area contributed by atoms with Crippen molar-refractivity contribution in [2.24, 2.45) is 4.99 Å². The van der Waals surface area contributed by atoms with E-state index in [1.54, 1.807) is 19.1 Å². The van der Waals surface area contributed by atoms with Gasteiger partial charge in [-0.3, -0.25) is 19.5 Å². The maximum atomic E-state index is 12.6. The van der Waals surface area contributed by atoms with E-state index >= 15 is 0 Å². The fourth-order valence-electron chi connectivity index (χ4n) is 3.35. The molecule has 0 fully saturated rings. The Morgan fingerprint density at radius 2 is 1.86 bits per heavy atom. The van der Waals surface area contributed by atoms with Gasteiger partial charge in [-0.1, -0.05) is 34.2 Å². The molecule has 0 unspecified atom stereocenters. The van der Waals surface area contributed by atoms with Crippen LogP contribution in [0.2, 0.25) is 0 Å². The number of hydrogen-bond acceptors (Lipinski definition) is 9. The molecule has 4 aromatic rings. The van der Waals surface area contributed by atoms with Crippen LogP contribution in [-0.4, -0.2) is 39.5 Å². The normalized spacial score (nSPS) is 11.8. The molecule has 0 radical (unpaired) electrons. The number of sulfonamides is 1. The molecular weight excluding hydrogens is 584 g/mol. The smallest absolute Gasteiger partial charge is 0.335 e. The number of nitrogens with one attached hydrogen (secondary N) is 2. The van der Waals surface area contributed by atoms with Gasteiger partial charge in [-0.15, -0.1) is 10.2 Å². The number of aryl methyl sites for hydroxylation is 3. The van der Waals surface area contributed by atoms with E-state index in [1.165, 1.54) is 24.3 Å².